The minimum Gasteiger partial charge on any atom is -0.345 e. The number of amides is 2. The molecule has 0 bridgehead atoms. The molecule has 1 atom stereocenters. The fourth-order valence-corrected chi connectivity index (χ4v) is 3.22. The van der Waals surface area contributed by atoms with E-state index in [1.807, 2.05) is 16.3 Å². The van der Waals surface area contributed by atoms with Crippen LogP contribution in [-0.4, -0.2) is 35.8 Å². The summed E-state index contributed by atoms with van der Waals surface area (Å²) in [5.74, 6) is 0.0238. The summed E-state index contributed by atoms with van der Waals surface area (Å²) in [6.07, 6.45) is 4.40. The summed E-state index contributed by atoms with van der Waals surface area (Å²) in [4.78, 5) is 27.0. The Balaban J connectivity index is 1.66. The molecule has 1 N–H and O–H groups in total. The van der Waals surface area contributed by atoms with Crippen LogP contribution in [0.4, 0.5) is 0 Å². The summed E-state index contributed by atoms with van der Waals surface area (Å²) in [5.41, 5.74) is 0. The van der Waals surface area contributed by atoms with E-state index < -0.39 is 6.04 Å². The van der Waals surface area contributed by atoms with Gasteiger partial charge in [-0.3, -0.25) is 9.59 Å². The molecule has 1 aliphatic heterocycles. The lowest BCUT2D eigenvalue weighted by atomic mass is 10.2. The Morgan fingerprint density at radius 1 is 1.40 bits per heavy atom. The second-order valence-corrected chi connectivity index (χ2v) is 6.29. The molecule has 2 rings (SSSR count). The summed E-state index contributed by atoms with van der Waals surface area (Å²) in [7, 11) is 0. The Hall–Kier alpha value is -1.36. The lowest BCUT2D eigenvalue weighted by Gasteiger charge is -2.21. The van der Waals surface area contributed by atoms with Crippen molar-refractivity contribution in [3.63, 3.8) is 0 Å². The molecule has 1 unspecified atom stereocenters. The number of carbonyl (C=O) groups is 2. The summed E-state index contributed by atoms with van der Waals surface area (Å²) < 4.78 is 0. The highest BCUT2D eigenvalue weighted by Crippen LogP contribution is 2.12. The van der Waals surface area contributed by atoms with Crippen molar-refractivity contribution in [2.24, 2.45) is 0 Å². The van der Waals surface area contributed by atoms with Crippen molar-refractivity contribution in [3.8, 4) is 0 Å². The number of thiophene rings is 1. The first-order valence-corrected chi connectivity index (χ1v) is 8.15. The van der Waals surface area contributed by atoms with Crippen molar-refractivity contribution in [1.82, 2.24) is 10.2 Å². The standard InChI is InChI=1S/C15H22N2O2S/c1-12(15(19)17-9-2-3-10-17)16-14(18)8-4-6-13-7-5-11-20-13/h5,7,11-12H,2-4,6,8-10H2,1H3,(H,16,18). The third-order valence-corrected chi connectivity index (χ3v) is 4.51. The molecule has 1 fully saturated rings. The normalized spacial score (nSPS) is 16.1. The van der Waals surface area contributed by atoms with Gasteiger partial charge in [0, 0.05) is 24.4 Å². The van der Waals surface area contributed by atoms with Gasteiger partial charge in [0.05, 0.1) is 0 Å². The van der Waals surface area contributed by atoms with Gasteiger partial charge >= 0.3 is 0 Å². The number of hydrogen-bond donors (Lipinski definition) is 1. The molecule has 0 aliphatic carbocycles. The lowest BCUT2D eigenvalue weighted by molar-refractivity contribution is -0.135. The van der Waals surface area contributed by atoms with E-state index >= 15 is 0 Å². The predicted octanol–water partition coefficient (Wildman–Crippen LogP) is 2.20. The number of nitrogens with one attached hydrogen (secondary N) is 1. The maximum atomic E-state index is 12.1. The topological polar surface area (TPSA) is 49.4 Å². The van der Waals surface area contributed by atoms with E-state index in [2.05, 4.69) is 11.4 Å². The van der Waals surface area contributed by atoms with Gasteiger partial charge in [0.2, 0.25) is 11.8 Å². The van der Waals surface area contributed by atoms with Gasteiger partial charge in [-0.15, -0.1) is 11.3 Å². The number of carbonyl (C=O) groups excluding carboxylic acids is 2. The highest BCUT2D eigenvalue weighted by atomic mass is 32.1. The van der Waals surface area contributed by atoms with Crippen LogP contribution >= 0.6 is 11.3 Å². The largest absolute Gasteiger partial charge is 0.345 e. The summed E-state index contributed by atoms with van der Waals surface area (Å²) in [5, 5.41) is 4.86. The Bertz CT molecular complexity index is 439. The zero-order chi connectivity index (χ0) is 14.4. The first-order valence-electron chi connectivity index (χ1n) is 7.27. The van der Waals surface area contributed by atoms with Gasteiger partial charge in [-0.05, 0) is 44.1 Å². The number of rotatable bonds is 6. The van der Waals surface area contributed by atoms with Gasteiger partial charge in [-0.2, -0.15) is 0 Å². The third kappa shape index (κ3) is 4.34. The Morgan fingerprint density at radius 2 is 2.15 bits per heavy atom. The van der Waals surface area contributed by atoms with Crippen molar-refractivity contribution in [2.75, 3.05) is 13.1 Å². The molecular weight excluding hydrogens is 272 g/mol. The van der Waals surface area contributed by atoms with Gasteiger partial charge < -0.3 is 10.2 Å². The van der Waals surface area contributed by atoms with Crippen molar-refractivity contribution >= 4 is 23.2 Å². The van der Waals surface area contributed by atoms with Crippen LogP contribution in [0.5, 0.6) is 0 Å². The second-order valence-electron chi connectivity index (χ2n) is 5.25. The number of hydrogen-bond acceptors (Lipinski definition) is 3. The van der Waals surface area contributed by atoms with Crippen LogP contribution in [0.1, 0.15) is 37.5 Å². The molecule has 1 saturated heterocycles. The SMILES string of the molecule is CC(NC(=O)CCCc1cccs1)C(=O)N1CCCC1. The Morgan fingerprint density at radius 3 is 2.80 bits per heavy atom. The summed E-state index contributed by atoms with van der Waals surface area (Å²) >= 11 is 1.72. The molecule has 110 valence electrons. The third-order valence-electron chi connectivity index (χ3n) is 3.57. The predicted molar refractivity (Wildman–Crippen MR) is 80.7 cm³/mol. The summed E-state index contributed by atoms with van der Waals surface area (Å²) in [6.45, 7) is 3.44. The Labute approximate surface area is 124 Å². The molecule has 0 radical (unpaired) electrons. The molecule has 2 amide bonds. The number of nitrogens with zero attached hydrogens (tertiary/aromatic N) is 1. The highest BCUT2D eigenvalue weighted by molar-refractivity contribution is 7.09. The van der Waals surface area contributed by atoms with E-state index in [1.165, 1.54) is 4.88 Å². The molecule has 1 aromatic heterocycles. The van der Waals surface area contributed by atoms with Gasteiger partial charge in [-0.1, -0.05) is 6.07 Å². The first-order chi connectivity index (χ1) is 9.66. The average Bonchev–Trinajstić information content (AvgIpc) is 3.10. The quantitative estimate of drug-likeness (QED) is 0.874. The molecule has 0 saturated carbocycles. The van der Waals surface area contributed by atoms with E-state index in [4.69, 9.17) is 0 Å². The molecule has 0 spiro atoms. The average molecular weight is 294 g/mol. The highest BCUT2D eigenvalue weighted by Gasteiger charge is 2.23. The van der Waals surface area contributed by atoms with Gasteiger partial charge in [0.25, 0.3) is 0 Å². The van der Waals surface area contributed by atoms with Crippen LogP contribution in [0.3, 0.4) is 0 Å². The van der Waals surface area contributed by atoms with Crippen molar-refractivity contribution in [3.05, 3.63) is 22.4 Å². The zero-order valence-electron chi connectivity index (χ0n) is 11.9. The molecule has 4 nitrogen and oxygen atoms in total. The fraction of sp³-hybridized carbons (Fsp3) is 0.600. The minimum absolute atomic E-state index is 0.0263. The van der Waals surface area contributed by atoms with Crippen LogP contribution in [0.2, 0.25) is 0 Å². The Kier molecular flexibility index (Phi) is 5.59. The van der Waals surface area contributed by atoms with Crippen LogP contribution in [0, 0.1) is 0 Å². The van der Waals surface area contributed by atoms with E-state index in [0.717, 1.165) is 38.8 Å². The molecule has 1 aromatic rings. The molecule has 0 aromatic carbocycles. The lowest BCUT2D eigenvalue weighted by Crippen LogP contribution is -2.45. The van der Waals surface area contributed by atoms with Gasteiger partial charge in [0.15, 0.2) is 0 Å². The van der Waals surface area contributed by atoms with E-state index in [1.54, 1.807) is 18.3 Å². The zero-order valence-corrected chi connectivity index (χ0v) is 12.7. The molecular formula is C15H22N2O2S. The monoisotopic (exact) mass is 294 g/mol. The number of likely N-dealkylation sites (tertiary alicyclic amines) is 1. The maximum Gasteiger partial charge on any atom is 0.244 e. The van der Waals surface area contributed by atoms with E-state index in [-0.39, 0.29) is 11.8 Å². The summed E-state index contributed by atoms with van der Waals surface area (Å²) in [6, 6.07) is 3.71. The molecule has 1 aliphatic rings. The van der Waals surface area contributed by atoms with Crippen LogP contribution < -0.4 is 5.32 Å². The second kappa shape index (κ2) is 7.43. The van der Waals surface area contributed by atoms with E-state index in [9.17, 15) is 9.59 Å². The van der Waals surface area contributed by atoms with Gasteiger partial charge in [0.1, 0.15) is 6.04 Å². The molecule has 5 heteroatoms. The van der Waals surface area contributed by atoms with E-state index in [0.29, 0.717) is 6.42 Å². The van der Waals surface area contributed by atoms with Crippen molar-refractivity contribution in [1.29, 1.82) is 0 Å². The fourth-order valence-electron chi connectivity index (χ4n) is 2.46. The van der Waals surface area contributed by atoms with Gasteiger partial charge in [-0.25, -0.2) is 0 Å². The van der Waals surface area contributed by atoms with Crippen LogP contribution in [-0.2, 0) is 16.0 Å². The minimum atomic E-state index is -0.401. The molecule has 20 heavy (non-hydrogen) atoms. The first kappa shape index (κ1) is 15.0. The van der Waals surface area contributed by atoms with Crippen molar-refractivity contribution in [2.45, 2.75) is 45.1 Å². The van der Waals surface area contributed by atoms with Crippen LogP contribution in [0.25, 0.3) is 0 Å². The maximum absolute atomic E-state index is 12.1. The van der Waals surface area contributed by atoms with Crippen LogP contribution in [0.15, 0.2) is 17.5 Å². The molecule has 2 heterocycles. The smallest absolute Gasteiger partial charge is 0.244 e. The number of aryl methyl sites for hydroxylation is 1. The van der Waals surface area contributed by atoms with Crippen molar-refractivity contribution < 1.29 is 9.59 Å².